The van der Waals surface area contributed by atoms with Gasteiger partial charge in [-0.2, -0.15) is 0 Å². The van der Waals surface area contributed by atoms with E-state index in [2.05, 4.69) is 0 Å². The summed E-state index contributed by atoms with van der Waals surface area (Å²) in [6, 6.07) is 5.44. The van der Waals surface area contributed by atoms with Crippen LogP contribution in [0.15, 0.2) is 18.2 Å². The molecule has 0 bridgehead atoms. The molecule has 0 saturated heterocycles. The molecule has 0 spiro atoms. The number of carbonyl (C=O) groups is 2. The van der Waals surface area contributed by atoms with E-state index in [-0.39, 0.29) is 25.1 Å². The van der Waals surface area contributed by atoms with Gasteiger partial charge >= 0.3 is 5.97 Å². The van der Waals surface area contributed by atoms with Crippen LogP contribution in [0, 0.1) is 12.8 Å². The van der Waals surface area contributed by atoms with Gasteiger partial charge in [-0.25, -0.2) is 0 Å². The van der Waals surface area contributed by atoms with Gasteiger partial charge in [0.05, 0.1) is 5.92 Å². The van der Waals surface area contributed by atoms with Crippen LogP contribution in [0.2, 0.25) is 5.02 Å². The molecule has 1 aliphatic rings. The van der Waals surface area contributed by atoms with Crippen molar-refractivity contribution in [1.82, 2.24) is 4.90 Å². The lowest BCUT2D eigenvalue weighted by molar-refractivity contribution is -0.143. The van der Waals surface area contributed by atoms with Crippen LogP contribution in [0.1, 0.15) is 25.3 Å². The summed E-state index contributed by atoms with van der Waals surface area (Å²) < 4.78 is 5.56. The van der Waals surface area contributed by atoms with Crippen molar-refractivity contribution >= 4 is 23.5 Å². The molecule has 0 heterocycles. The number of hydrogen-bond donors (Lipinski definition) is 1. The highest BCUT2D eigenvalue weighted by molar-refractivity contribution is 6.31. The Bertz CT molecular complexity index is 571. The monoisotopic (exact) mass is 325 g/mol. The summed E-state index contributed by atoms with van der Waals surface area (Å²) in [4.78, 5) is 24.9. The zero-order valence-electron chi connectivity index (χ0n) is 12.7. The van der Waals surface area contributed by atoms with Crippen molar-refractivity contribution < 1.29 is 19.4 Å². The Morgan fingerprint density at radius 2 is 2.14 bits per heavy atom. The molecule has 6 heteroatoms. The molecule has 1 aliphatic carbocycles. The molecule has 1 saturated carbocycles. The molecule has 1 atom stereocenters. The van der Waals surface area contributed by atoms with E-state index in [9.17, 15) is 9.59 Å². The van der Waals surface area contributed by atoms with Crippen LogP contribution in [-0.2, 0) is 9.59 Å². The average Bonchev–Trinajstić information content (AvgIpc) is 3.30. The molecule has 0 aliphatic heterocycles. The molecule has 22 heavy (non-hydrogen) atoms. The van der Waals surface area contributed by atoms with E-state index in [1.165, 1.54) is 0 Å². The highest BCUT2D eigenvalue weighted by atomic mass is 35.5. The minimum atomic E-state index is -0.898. The van der Waals surface area contributed by atoms with Gasteiger partial charge in [0.15, 0.2) is 6.61 Å². The Kier molecular flexibility index (Phi) is 5.29. The lowest BCUT2D eigenvalue weighted by Gasteiger charge is -2.24. The first-order valence-electron chi connectivity index (χ1n) is 7.30. The van der Waals surface area contributed by atoms with Gasteiger partial charge in [-0.15, -0.1) is 0 Å². The number of rotatable bonds is 7. The molecule has 2 rings (SSSR count). The zero-order chi connectivity index (χ0) is 16.3. The minimum absolute atomic E-state index is 0.107. The normalized spacial score (nSPS) is 15.2. The Hall–Kier alpha value is -1.75. The van der Waals surface area contributed by atoms with Crippen LogP contribution in [0.3, 0.4) is 0 Å². The first kappa shape index (κ1) is 16.6. The van der Waals surface area contributed by atoms with Crippen LogP contribution in [0.5, 0.6) is 5.75 Å². The maximum atomic E-state index is 12.3. The maximum absolute atomic E-state index is 12.3. The zero-order valence-corrected chi connectivity index (χ0v) is 13.5. The number of carboxylic acids is 1. The lowest BCUT2D eigenvalue weighted by Crippen LogP contribution is -2.41. The molecule has 1 unspecified atom stereocenters. The van der Waals surface area contributed by atoms with Gasteiger partial charge in [-0.3, -0.25) is 9.59 Å². The van der Waals surface area contributed by atoms with E-state index in [0.717, 1.165) is 18.4 Å². The number of benzene rings is 1. The molecule has 1 N–H and O–H groups in total. The fourth-order valence-electron chi connectivity index (χ4n) is 2.18. The number of carbonyl (C=O) groups excluding carboxylic acids is 1. The average molecular weight is 326 g/mol. The summed E-state index contributed by atoms with van der Waals surface area (Å²) >= 11 is 6.02. The number of hydrogen-bond acceptors (Lipinski definition) is 3. The Labute approximate surface area is 134 Å². The largest absolute Gasteiger partial charge is 0.483 e. The van der Waals surface area contributed by atoms with Gasteiger partial charge in [0.2, 0.25) is 0 Å². The number of ether oxygens (including phenoxy) is 1. The first-order chi connectivity index (χ1) is 10.4. The third kappa shape index (κ3) is 4.13. The van der Waals surface area contributed by atoms with Crippen molar-refractivity contribution in [3.05, 3.63) is 28.8 Å². The number of carboxylic acid groups (broad SMARTS) is 1. The van der Waals surface area contributed by atoms with E-state index in [4.69, 9.17) is 21.4 Å². The van der Waals surface area contributed by atoms with E-state index in [0.29, 0.717) is 10.8 Å². The van der Waals surface area contributed by atoms with Crippen molar-refractivity contribution in [2.75, 3.05) is 13.2 Å². The van der Waals surface area contributed by atoms with E-state index >= 15 is 0 Å². The SMILES string of the molecule is Cc1c(Cl)cccc1OCC(=O)N(CC(C)C(=O)O)C1CC1. The fourth-order valence-corrected chi connectivity index (χ4v) is 2.35. The van der Waals surface area contributed by atoms with Crippen molar-refractivity contribution in [2.24, 2.45) is 5.92 Å². The third-order valence-electron chi connectivity index (χ3n) is 3.77. The lowest BCUT2D eigenvalue weighted by atomic mass is 10.1. The topological polar surface area (TPSA) is 66.8 Å². The van der Waals surface area contributed by atoms with Gasteiger partial charge in [0.25, 0.3) is 5.91 Å². The van der Waals surface area contributed by atoms with Crippen molar-refractivity contribution in [2.45, 2.75) is 32.7 Å². The van der Waals surface area contributed by atoms with E-state index < -0.39 is 11.9 Å². The van der Waals surface area contributed by atoms with Crippen molar-refractivity contribution in [3.63, 3.8) is 0 Å². The second-order valence-corrected chi connectivity index (χ2v) is 6.08. The molecule has 5 nitrogen and oxygen atoms in total. The van der Waals surface area contributed by atoms with E-state index in [1.807, 2.05) is 6.92 Å². The Morgan fingerprint density at radius 1 is 1.45 bits per heavy atom. The Balaban J connectivity index is 1.97. The highest BCUT2D eigenvalue weighted by Gasteiger charge is 2.34. The number of nitrogens with zero attached hydrogens (tertiary/aromatic N) is 1. The molecular formula is C16H20ClNO4. The summed E-state index contributed by atoms with van der Waals surface area (Å²) in [5.74, 6) is -1.10. The minimum Gasteiger partial charge on any atom is -0.483 e. The second-order valence-electron chi connectivity index (χ2n) is 5.67. The summed E-state index contributed by atoms with van der Waals surface area (Å²) in [7, 11) is 0. The summed E-state index contributed by atoms with van der Waals surface area (Å²) in [5, 5.41) is 9.59. The molecule has 1 aromatic rings. The van der Waals surface area contributed by atoms with Crippen LogP contribution in [0.25, 0.3) is 0 Å². The summed E-state index contributed by atoms with van der Waals surface area (Å²) in [5.41, 5.74) is 0.786. The third-order valence-corrected chi connectivity index (χ3v) is 4.18. The molecule has 120 valence electrons. The quantitative estimate of drug-likeness (QED) is 0.837. The number of amides is 1. The van der Waals surface area contributed by atoms with Gasteiger partial charge in [-0.1, -0.05) is 24.6 Å². The second kappa shape index (κ2) is 7.01. The fraction of sp³-hybridized carbons (Fsp3) is 0.500. The summed E-state index contributed by atoms with van der Waals surface area (Å²) in [6.45, 7) is 3.54. The maximum Gasteiger partial charge on any atom is 0.308 e. The smallest absolute Gasteiger partial charge is 0.308 e. The van der Waals surface area contributed by atoms with Crippen molar-refractivity contribution in [3.8, 4) is 5.75 Å². The predicted octanol–water partition coefficient (Wildman–Crippen LogP) is 2.74. The van der Waals surface area contributed by atoms with Crippen molar-refractivity contribution in [1.29, 1.82) is 0 Å². The van der Waals surface area contributed by atoms with Gasteiger partial charge in [-0.05, 0) is 31.9 Å². The van der Waals surface area contributed by atoms with Gasteiger partial charge < -0.3 is 14.7 Å². The molecule has 0 aromatic heterocycles. The Morgan fingerprint density at radius 3 is 2.73 bits per heavy atom. The number of halogens is 1. The van der Waals surface area contributed by atoms with Crippen LogP contribution in [0.4, 0.5) is 0 Å². The van der Waals surface area contributed by atoms with E-state index in [1.54, 1.807) is 30.0 Å². The molecule has 1 fully saturated rings. The first-order valence-corrected chi connectivity index (χ1v) is 7.68. The number of aliphatic carboxylic acids is 1. The van der Waals surface area contributed by atoms with Gasteiger partial charge in [0, 0.05) is 23.2 Å². The van der Waals surface area contributed by atoms with Gasteiger partial charge in [0.1, 0.15) is 5.75 Å². The molecule has 1 aromatic carbocycles. The van der Waals surface area contributed by atoms with Crippen LogP contribution in [-0.4, -0.2) is 41.1 Å². The molecule has 0 radical (unpaired) electrons. The molecular weight excluding hydrogens is 306 g/mol. The standard InChI is InChI=1S/C16H20ClNO4/c1-10(16(20)21)8-18(12-6-7-12)15(19)9-22-14-5-3-4-13(17)11(14)2/h3-5,10,12H,6-9H2,1-2H3,(H,20,21). The van der Waals surface area contributed by atoms with Crippen LogP contribution < -0.4 is 4.74 Å². The predicted molar refractivity (Wildman–Crippen MR) is 83.2 cm³/mol. The molecule has 1 amide bonds. The van der Waals surface area contributed by atoms with Crippen LogP contribution >= 0.6 is 11.6 Å². The highest BCUT2D eigenvalue weighted by Crippen LogP contribution is 2.29. The summed E-state index contributed by atoms with van der Waals surface area (Å²) in [6.07, 6.45) is 1.85.